The van der Waals surface area contributed by atoms with E-state index in [1.165, 1.54) is 12.8 Å². The van der Waals surface area contributed by atoms with E-state index < -0.39 is 0 Å². The molecule has 3 rings (SSSR count). The van der Waals surface area contributed by atoms with Gasteiger partial charge >= 0.3 is 0 Å². The lowest BCUT2D eigenvalue weighted by atomic mass is 10.2. The molecule has 0 atom stereocenters. The van der Waals surface area contributed by atoms with Gasteiger partial charge in [0.15, 0.2) is 0 Å². The molecule has 0 saturated heterocycles. The number of unbranched alkanes of at least 4 members (excludes halogenated alkanes) is 2. The van der Waals surface area contributed by atoms with Crippen molar-refractivity contribution in [2.45, 2.75) is 26.2 Å². The van der Waals surface area contributed by atoms with Crippen LogP contribution in [0.2, 0.25) is 0 Å². The van der Waals surface area contributed by atoms with E-state index in [1.54, 1.807) is 14.2 Å². The van der Waals surface area contributed by atoms with Crippen molar-refractivity contribution in [3.63, 3.8) is 0 Å². The number of hydrogen-bond acceptors (Lipinski definition) is 4. The normalized spacial score (nSPS) is 10.4. The first-order valence-corrected chi connectivity index (χ1v) is 10.1. The monoisotopic (exact) mass is 391 g/mol. The summed E-state index contributed by atoms with van der Waals surface area (Å²) in [5.74, 6) is 2.56. The summed E-state index contributed by atoms with van der Waals surface area (Å²) < 4.78 is 16.5. The third-order valence-corrected chi connectivity index (χ3v) is 4.77. The van der Waals surface area contributed by atoms with Crippen LogP contribution in [0.5, 0.6) is 17.2 Å². The molecule has 4 heteroatoms. The van der Waals surface area contributed by atoms with E-state index in [0.717, 1.165) is 47.3 Å². The second-order valence-electron chi connectivity index (χ2n) is 6.78. The number of ether oxygens (including phenoxy) is 3. The highest BCUT2D eigenvalue weighted by atomic mass is 16.5. The minimum Gasteiger partial charge on any atom is -0.497 e. The molecule has 0 radical (unpaired) electrons. The molecule has 0 heterocycles. The largest absolute Gasteiger partial charge is 0.497 e. The molecule has 0 amide bonds. The Kier molecular flexibility index (Phi) is 7.40. The fourth-order valence-electron chi connectivity index (χ4n) is 3.14. The highest BCUT2D eigenvalue weighted by Gasteiger charge is 2.13. The van der Waals surface area contributed by atoms with Crippen LogP contribution in [0, 0.1) is 0 Å². The molecule has 0 spiro atoms. The van der Waals surface area contributed by atoms with Crippen LogP contribution >= 0.6 is 0 Å². The van der Waals surface area contributed by atoms with Gasteiger partial charge in [0.2, 0.25) is 0 Å². The van der Waals surface area contributed by atoms with E-state index in [9.17, 15) is 0 Å². The molecule has 4 nitrogen and oxygen atoms in total. The van der Waals surface area contributed by atoms with E-state index >= 15 is 0 Å². The number of nitrogens with zero attached hydrogens (tertiary/aromatic N) is 1. The second-order valence-corrected chi connectivity index (χ2v) is 6.78. The van der Waals surface area contributed by atoms with E-state index in [2.05, 4.69) is 48.2 Å². The number of rotatable bonds is 10. The van der Waals surface area contributed by atoms with Crippen LogP contribution in [0.1, 0.15) is 26.2 Å². The maximum Gasteiger partial charge on any atom is 0.119 e. The smallest absolute Gasteiger partial charge is 0.119 e. The Morgan fingerprint density at radius 1 is 0.586 bits per heavy atom. The number of methoxy groups -OCH3 is 2. The summed E-state index contributed by atoms with van der Waals surface area (Å²) in [6.45, 7) is 2.95. The van der Waals surface area contributed by atoms with E-state index in [4.69, 9.17) is 14.2 Å². The molecule has 3 aromatic rings. The van der Waals surface area contributed by atoms with Gasteiger partial charge in [-0.1, -0.05) is 19.8 Å². The summed E-state index contributed by atoms with van der Waals surface area (Å²) in [5, 5.41) is 0. The molecule has 0 unspecified atom stereocenters. The molecule has 0 fully saturated rings. The van der Waals surface area contributed by atoms with Crippen molar-refractivity contribution >= 4 is 17.1 Å². The van der Waals surface area contributed by atoms with Crippen LogP contribution in [0.3, 0.4) is 0 Å². The van der Waals surface area contributed by atoms with Gasteiger partial charge in [-0.15, -0.1) is 0 Å². The molecule has 29 heavy (non-hydrogen) atoms. The molecular formula is C25H29NO3. The van der Waals surface area contributed by atoms with Crippen molar-refractivity contribution in [2.24, 2.45) is 0 Å². The summed E-state index contributed by atoms with van der Waals surface area (Å²) in [6.07, 6.45) is 3.48. The Hall–Kier alpha value is -3.14. The van der Waals surface area contributed by atoms with Gasteiger partial charge in [0.1, 0.15) is 17.2 Å². The third kappa shape index (κ3) is 5.44. The van der Waals surface area contributed by atoms with E-state index in [0.29, 0.717) is 0 Å². The molecule has 0 bridgehead atoms. The van der Waals surface area contributed by atoms with E-state index in [1.807, 2.05) is 36.4 Å². The molecule has 0 aliphatic heterocycles. The minimum absolute atomic E-state index is 0.758. The van der Waals surface area contributed by atoms with Crippen LogP contribution < -0.4 is 19.1 Å². The molecule has 0 aromatic heterocycles. The topological polar surface area (TPSA) is 30.9 Å². The lowest BCUT2D eigenvalue weighted by Gasteiger charge is -2.26. The Morgan fingerprint density at radius 2 is 1.00 bits per heavy atom. The predicted molar refractivity (Wildman–Crippen MR) is 119 cm³/mol. The maximum absolute atomic E-state index is 5.86. The number of hydrogen-bond donors (Lipinski definition) is 0. The minimum atomic E-state index is 0.758. The maximum atomic E-state index is 5.86. The zero-order chi connectivity index (χ0) is 20.5. The number of benzene rings is 3. The first kappa shape index (κ1) is 20.6. The predicted octanol–water partition coefficient (Wildman–Crippen LogP) is 6.74. The molecule has 3 aromatic carbocycles. The van der Waals surface area contributed by atoms with Gasteiger partial charge in [0.25, 0.3) is 0 Å². The lowest BCUT2D eigenvalue weighted by Crippen LogP contribution is -2.10. The summed E-state index contributed by atoms with van der Waals surface area (Å²) >= 11 is 0. The Morgan fingerprint density at radius 3 is 1.38 bits per heavy atom. The first-order valence-electron chi connectivity index (χ1n) is 10.1. The lowest BCUT2D eigenvalue weighted by molar-refractivity contribution is 0.306. The van der Waals surface area contributed by atoms with Gasteiger partial charge in [-0.05, 0) is 79.2 Å². The number of anilines is 3. The quantitative estimate of drug-likeness (QED) is 0.358. The Labute approximate surface area is 173 Å². The van der Waals surface area contributed by atoms with E-state index in [-0.39, 0.29) is 0 Å². The Balaban J connectivity index is 1.87. The van der Waals surface area contributed by atoms with Gasteiger partial charge in [0, 0.05) is 17.1 Å². The average molecular weight is 392 g/mol. The zero-order valence-corrected chi connectivity index (χ0v) is 17.4. The summed E-state index contributed by atoms with van der Waals surface area (Å²) in [7, 11) is 3.35. The summed E-state index contributed by atoms with van der Waals surface area (Å²) in [5.41, 5.74) is 3.15. The van der Waals surface area contributed by atoms with Crippen LogP contribution in [0.4, 0.5) is 17.1 Å². The summed E-state index contributed by atoms with van der Waals surface area (Å²) in [6, 6.07) is 24.3. The standard InChI is InChI=1S/C25H29NO3/c1-4-5-6-19-29-25-17-11-22(12-18-25)26(20-7-13-23(27-2)14-8-20)21-9-15-24(28-3)16-10-21/h7-18H,4-6,19H2,1-3H3. The fourth-order valence-corrected chi connectivity index (χ4v) is 3.14. The molecule has 0 N–H and O–H groups in total. The van der Waals surface area contributed by atoms with Crippen molar-refractivity contribution < 1.29 is 14.2 Å². The van der Waals surface area contributed by atoms with Gasteiger partial charge < -0.3 is 19.1 Å². The highest BCUT2D eigenvalue weighted by Crippen LogP contribution is 2.36. The average Bonchev–Trinajstić information content (AvgIpc) is 2.79. The van der Waals surface area contributed by atoms with Gasteiger partial charge in [-0.3, -0.25) is 0 Å². The molecule has 0 aliphatic rings. The first-order chi connectivity index (χ1) is 14.2. The molecular weight excluding hydrogens is 362 g/mol. The van der Waals surface area contributed by atoms with Crippen LogP contribution in [0.15, 0.2) is 72.8 Å². The molecule has 152 valence electrons. The van der Waals surface area contributed by atoms with Crippen molar-refractivity contribution in [3.8, 4) is 17.2 Å². The zero-order valence-electron chi connectivity index (χ0n) is 17.4. The third-order valence-electron chi connectivity index (χ3n) is 4.77. The fraction of sp³-hybridized carbons (Fsp3) is 0.280. The van der Waals surface area contributed by atoms with Crippen LogP contribution in [-0.4, -0.2) is 20.8 Å². The molecule has 0 saturated carbocycles. The van der Waals surface area contributed by atoms with Crippen molar-refractivity contribution in [1.29, 1.82) is 0 Å². The highest BCUT2D eigenvalue weighted by molar-refractivity contribution is 5.77. The van der Waals surface area contributed by atoms with Crippen molar-refractivity contribution in [1.82, 2.24) is 0 Å². The van der Waals surface area contributed by atoms with Crippen molar-refractivity contribution in [2.75, 3.05) is 25.7 Å². The SMILES string of the molecule is CCCCCOc1ccc(N(c2ccc(OC)cc2)c2ccc(OC)cc2)cc1. The van der Waals surface area contributed by atoms with Gasteiger partial charge in [0.05, 0.1) is 20.8 Å². The van der Waals surface area contributed by atoms with Gasteiger partial charge in [-0.2, -0.15) is 0 Å². The second kappa shape index (κ2) is 10.4. The van der Waals surface area contributed by atoms with Gasteiger partial charge in [-0.25, -0.2) is 0 Å². The van der Waals surface area contributed by atoms with Crippen molar-refractivity contribution in [3.05, 3.63) is 72.8 Å². The Bertz CT molecular complexity index is 811. The summed E-state index contributed by atoms with van der Waals surface area (Å²) in [4.78, 5) is 2.19. The van der Waals surface area contributed by atoms with Crippen LogP contribution in [0.25, 0.3) is 0 Å². The molecule has 0 aliphatic carbocycles. The van der Waals surface area contributed by atoms with Crippen LogP contribution in [-0.2, 0) is 0 Å².